The predicted molar refractivity (Wildman–Crippen MR) is 142 cm³/mol. The van der Waals surface area contributed by atoms with Crippen molar-refractivity contribution in [2.24, 2.45) is 5.10 Å². The summed E-state index contributed by atoms with van der Waals surface area (Å²) in [5.41, 5.74) is 7.07. The number of amides is 2. The lowest BCUT2D eigenvalue weighted by molar-refractivity contribution is -0.121. The lowest BCUT2D eigenvalue weighted by Gasteiger charge is -2.16. The number of carbonyl (C=O) groups is 2. The average Bonchev–Trinajstić information content (AvgIpc) is 2.91. The summed E-state index contributed by atoms with van der Waals surface area (Å²) in [6.45, 7) is 1.89. The van der Waals surface area contributed by atoms with Gasteiger partial charge in [-0.05, 0) is 60.0 Å². The van der Waals surface area contributed by atoms with E-state index in [0.29, 0.717) is 5.75 Å². The van der Waals surface area contributed by atoms with Crippen LogP contribution in [-0.2, 0) is 9.59 Å². The number of anilines is 1. The first-order chi connectivity index (χ1) is 17.6. The highest BCUT2D eigenvalue weighted by Crippen LogP contribution is 2.24. The number of benzene rings is 4. The van der Waals surface area contributed by atoms with E-state index < -0.39 is 5.92 Å². The number of nitrogens with zero attached hydrogens (tertiary/aromatic N) is 1. The molecule has 6 nitrogen and oxygen atoms in total. The van der Waals surface area contributed by atoms with E-state index in [0.717, 1.165) is 27.9 Å². The van der Waals surface area contributed by atoms with Crippen molar-refractivity contribution in [2.75, 3.05) is 11.9 Å². The largest absolute Gasteiger partial charge is 0.484 e. The lowest BCUT2D eigenvalue weighted by Crippen LogP contribution is -2.26. The van der Waals surface area contributed by atoms with Crippen LogP contribution in [0.2, 0.25) is 0 Å². The molecule has 0 fully saturated rings. The van der Waals surface area contributed by atoms with Gasteiger partial charge in [0.2, 0.25) is 0 Å². The van der Waals surface area contributed by atoms with Gasteiger partial charge >= 0.3 is 0 Å². The molecule has 0 heterocycles. The summed E-state index contributed by atoms with van der Waals surface area (Å²) < 4.78 is 5.56. The number of hydrogen-bond donors (Lipinski definition) is 2. The molecule has 0 radical (unpaired) electrons. The van der Waals surface area contributed by atoms with Gasteiger partial charge in [0.15, 0.2) is 6.61 Å². The second-order valence-electron chi connectivity index (χ2n) is 8.26. The number of nitrogens with one attached hydrogen (secondary N) is 2. The summed E-state index contributed by atoms with van der Waals surface area (Å²) in [5, 5.41) is 6.94. The highest BCUT2D eigenvalue weighted by atomic mass is 16.5. The van der Waals surface area contributed by atoms with E-state index in [2.05, 4.69) is 15.8 Å². The first-order valence-electron chi connectivity index (χ1n) is 11.6. The molecule has 0 atom stereocenters. The Labute approximate surface area is 210 Å². The normalized spacial score (nSPS) is 10.8. The summed E-state index contributed by atoms with van der Waals surface area (Å²) in [6, 6.07) is 33.9. The first-order valence-corrected chi connectivity index (χ1v) is 11.6. The third kappa shape index (κ3) is 6.90. The molecule has 6 heteroatoms. The number of carbonyl (C=O) groups excluding carboxylic acids is 2. The molecule has 0 unspecified atom stereocenters. The summed E-state index contributed by atoms with van der Waals surface area (Å²) in [6.07, 6.45) is 1.57. The van der Waals surface area contributed by atoms with Crippen molar-refractivity contribution in [3.63, 3.8) is 0 Å². The highest BCUT2D eigenvalue weighted by Gasteiger charge is 2.22. The van der Waals surface area contributed by atoms with Crippen LogP contribution in [0.5, 0.6) is 5.75 Å². The molecule has 2 amide bonds. The van der Waals surface area contributed by atoms with Crippen molar-refractivity contribution < 1.29 is 14.3 Å². The predicted octanol–water partition coefficient (Wildman–Crippen LogP) is 5.29. The topological polar surface area (TPSA) is 79.8 Å². The molecule has 0 saturated carbocycles. The Balaban J connectivity index is 1.31. The zero-order valence-electron chi connectivity index (χ0n) is 19.9. The van der Waals surface area contributed by atoms with Crippen LogP contribution in [0.25, 0.3) is 0 Å². The second kappa shape index (κ2) is 12.1. The number of hydrazone groups is 1. The molecular weight excluding hydrogens is 450 g/mol. The van der Waals surface area contributed by atoms with E-state index in [9.17, 15) is 9.59 Å². The van der Waals surface area contributed by atoms with Crippen molar-refractivity contribution in [3.8, 4) is 5.75 Å². The fourth-order valence-corrected chi connectivity index (χ4v) is 3.65. The Hall–Kier alpha value is -4.71. The van der Waals surface area contributed by atoms with E-state index in [1.165, 1.54) is 0 Å². The second-order valence-corrected chi connectivity index (χ2v) is 8.26. The van der Waals surface area contributed by atoms with Gasteiger partial charge in [0.05, 0.1) is 12.1 Å². The van der Waals surface area contributed by atoms with Gasteiger partial charge < -0.3 is 10.1 Å². The van der Waals surface area contributed by atoms with Crippen LogP contribution in [0.15, 0.2) is 114 Å². The molecule has 4 rings (SSSR count). The van der Waals surface area contributed by atoms with Crippen LogP contribution in [0.1, 0.15) is 28.2 Å². The van der Waals surface area contributed by atoms with Crippen LogP contribution in [0.3, 0.4) is 0 Å². The Kier molecular flexibility index (Phi) is 8.22. The highest BCUT2D eigenvalue weighted by molar-refractivity contribution is 5.92. The molecule has 0 bridgehead atoms. The Bertz CT molecular complexity index is 1260. The third-order valence-electron chi connectivity index (χ3n) is 5.50. The average molecular weight is 478 g/mol. The van der Waals surface area contributed by atoms with Crippen molar-refractivity contribution in [1.29, 1.82) is 0 Å². The molecule has 4 aromatic rings. The van der Waals surface area contributed by atoms with Crippen molar-refractivity contribution in [1.82, 2.24) is 5.43 Å². The minimum atomic E-state index is -0.466. The molecule has 4 aromatic carbocycles. The molecule has 0 aliphatic rings. The van der Waals surface area contributed by atoms with Gasteiger partial charge in [-0.2, -0.15) is 5.10 Å². The molecule has 0 aliphatic heterocycles. The zero-order valence-corrected chi connectivity index (χ0v) is 19.9. The summed E-state index contributed by atoms with van der Waals surface area (Å²) in [4.78, 5) is 25.1. The molecule has 2 N–H and O–H groups in total. The maximum Gasteiger partial charge on any atom is 0.262 e. The van der Waals surface area contributed by atoms with Gasteiger partial charge in [0.25, 0.3) is 11.8 Å². The maximum absolute atomic E-state index is 13.0. The van der Waals surface area contributed by atoms with Gasteiger partial charge in [-0.3, -0.25) is 9.59 Å². The quantitative estimate of drug-likeness (QED) is 0.254. The molecule has 180 valence electrons. The molecule has 0 saturated heterocycles. The molecular formula is C30H27N3O3. The van der Waals surface area contributed by atoms with Crippen LogP contribution in [0.4, 0.5) is 5.69 Å². The van der Waals surface area contributed by atoms with Crippen LogP contribution < -0.4 is 15.5 Å². The van der Waals surface area contributed by atoms with E-state index in [1.54, 1.807) is 30.5 Å². The molecule has 0 aliphatic carbocycles. The van der Waals surface area contributed by atoms with Gasteiger partial charge in [-0.1, -0.05) is 78.4 Å². The van der Waals surface area contributed by atoms with E-state index in [-0.39, 0.29) is 18.4 Å². The van der Waals surface area contributed by atoms with Crippen LogP contribution >= 0.6 is 0 Å². The van der Waals surface area contributed by atoms with E-state index >= 15 is 0 Å². The SMILES string of the molecule is Cc1ccc(NC(=O)COc2ccc(/C=N/NC(=O)C(c3ccccc3)c3ccccc3)cc2)cc1. The van der Waals surface area contributed by atoms with E-state index in [1.807, 2.05) is 91.9 Å². The summed E-state index contributed by atoms with van der Waals surface area (Å²) >= 11 is 0. The molecule has 0 spiro atoms. The van der Waals surface area contributed by atoms with Crippen LogP contribution in [0, 0.1) is 6.92 Å². The minimum Gasteiger partial charge on any atom is -0.484 e. The Morgan fingerprint density at radius 3 is 1.97 bits per heavy atom. The smallest absolute Gasteiger partial charge is 0.262 e. The number of ether oxygens (including phenoxy) is 1. The number of aryl methyl sites for hydroxylation is 1. The summed E-state index contributed by atoms with van der Waals surface area (Å²) in [7, 11) is 0. The molecule has 0 aromatic heterocycles. The van der Waals surface area contributed by atoms with Gasteiger partial charge in [-0.15, -0.1) is 0 Å². The minimum absolute atomic E-state index is 0.0995. The fourth-order valence-electron chi connectivity index (χ4n) is 3.65. The van der Waals surface area contributed by atoms with Crippen LogP contribution in [-0.4, -0.2) is 24.6 Å². The van der Waals surface area contributed by atoms with Crippen molar-refractivity contribution >= 4 is 23.7 Å². The third-order valence-corrected chi connectivity index (χ3v) is 5.50. The fraction of sp³-hybridized carbons (Fsp3) is 0.100. The molecule has 36 heavy (non-hydrogen) atoms. The zero-order chi connectivity index (χ0) is 25.2. The maximum atomic E-state index is 13.0. The Morgan fingerprint density at radius 1 is 0.806 bits per heavy atom. The monoisotopic (exact) mass is 477 g/mol. The number of hydrogen-bond acceptors (Lipinski definition) is 4. The standard InChI is InChI=1S/C30H27N3O3/c1-22-12-16-26(17-13-22)32-28(34)21-36-27-18-14-23(15-19-27)20-31-33-30(35)29(24-8-4-2-5-9-24)25-10-6-3-7-11-25/h2-20,29H,21H2,1H3,(H,32,34)(H,33,35)/b31-20+. The van der Waals surface area contributed by atoms with Gasteiger partial charge in [0.1, 0.15) is 5.75 Å². The number of rotatable bonds is 9. The Morgan fingerprint density at radius 2 is 1.39 bits per heavy atom. The van der Waals surface area contributed by atoms with Crippen molar-refractivity contribution in [2.45, 2.75) is 12.8 Å². The van der Waals surface area contributed by atoms with Gasteiger partial charge in [0, 0.05) is 5.69 Å². The first kappa shape index (κ1) is 24.4. The van der Waals surface area contributed by atoms with Crippen molar-refractivity contribution in [3.05, 3.63) is 131 Å². The van der Waals surface area contributed by atoms with Gasteiger partial charge in [-0.25, -0.2) is 5.43 Å². The lowest BCUT2D eigenvalue weighted by atomic mass is 9.91. The van der Waals surface area contributed by atoms with E-state index in [4.69, 9.17) is 4.74 Å². The summed E-state index contributed by atoms with van der Waals surface area (Å²) in [5.74, 6) is -0.364.